The first-order valence-electron chi connectivity index (χ1n) is 9.81. The number of hydrogen-bond acceptors (Lipinski definition) is 9. The van der Waals surface area contributed by atoms with Gasteiger partial charge in [-0.05, 0) is 13.0 Å². The highest BCUT2D eigenvalue weighted by molar-refractivity contribution is 8.03. The van der Waals surface area contributed by atoms with Crippen molar-refractivity contribution in [3.63, 3.8) is 0 Å². The van der Waals surface area contributed by atoms with Crippen molar-refractivity contribution in [2.24, 2.45) is 16.8 Å². The Labute approximate surface area is 177 Å². The number of carboxylic acids is 1. The molecule has 10 nitrogen and oxygen atoms in total. The molecule has 3 aliphatic rings. The fourth-order valence-corrected chi connectivity index (χ4v) is 5.71. The molecular formula is C19H24N6O4S. The van der Waals surface area contributed by atoms with Gasteiger partial charge in [-0.15, -0.1) is 11.8 Å². The van der Waals surface area contributed by atoms with Crippen molar-refractivity contribution in [3.05, 3.63) is 29.1 Å². The molecule has 1 saturated heterocycles. The van der Waals surface area contributed by atoms with Crippen LogP contribution in [0.1, 0.15) is 20.3 Å². The van der Waals surface area contributed by atoms with Crippen LogP contribution in [0.15, 0.2) is 34.1 Å². The number of aliphatic imine (C=N–C) groups is 1. The topological polar surface area (TPSA) is 140 Å². The first-order valence-corrected chi connectivity index (χ1v) is 10.7. The van der Waals surface area contributed by atoms with Gasteiger partial charge in [-0.1, -0.05) is 6.92 Å². The number of carbonyl (C=O) groups is 2. The second-order valence-electron chi connectivity index (χ2n) is 7.67. The number of carboxylic acid groups (broad SMARTS) is 1. The van der Waals surface area contributed by atoms with Crippen LogP contribution in [0.25, 0.3) is 0 Å². The van der Waals surface area contributed by atoms with E-state index >= 15 is 0 Å². The number of hydrogen-bond donors (Lipinski definition) is 4. The molecule has 0 bridgehead atoms. The average Bonchev–Trinajstić information content (AvgIpc) is 3.24. The highest BCUT2D eigenvalue weighted by Crippen LogP contribution is 2.51. The number of nitrogens with zero attached hydrogens (tertiary/aromatic N) is 4. The third-order valence-corrected chi connectivity index (χ3v) is 7.11. The lowest BCUT2D eigenvalue weighted by molar-refractivity contribution is -0.163. The minimum absolute atomic E-state index is 0.0638. The summed E-state index contributed by atoms with van der Waals surface area (Å²) in [6.45, 7) is 4.62. The van der Waals surface area contributed by atoms with Crippen molar-refractivity contribution in [1.82, 2.24) is 20.3 Å². The summed E-state index contributed by atoms with van der Waals surface area (Å²) < 4.78 is 0. The van der Waals surface area contributed by atoms with Gasteiger partial charge in [-0.3, -0.25) is 15.2 Å². The normalized spacial score (nSPS) is 28.8. The number of anilines is 1. The van der Waals surface area contributed by atoms with Gasteiger partial charge in [-0.2, -0.15) is 0 Å². The lowest BCUT2D eigenvalue weighted by Gasteiger charge is -2.46. The van der Waals surface area contributed by atoms with E-state index < -0.39 is 18.0 Å². The van der Waals surface area contributed by atoms with E-state index in [9.17, 15) is 19.8 Å². The molecule has 4 rings (SSSR count). The Morgan fingerprint density at radius 3 is 2.80 bits per heavy atom. The van der Waals surface area contributed by atoms with E-state index in [1.165, 1.54) is 16.7 Å². The monoisotopic (exact) mass is 432 g/mol. The number of β-lactam (4-membered cyclic amide) rings is 1. The molecule has 11 heteroatoms. The number of aliphatic hydroxyl groups is 1. The number of carbonyl (C=O) groups excluding carboxylic acids is 1. The number of amides is 1. The van der Waals surface area contributed by atoms with Crippen LogP contribution in [0.5, 0.6) is 0 Å². The number of rotatable bonds is 8. The third-order valence-electron chi connectivity index (χ3n) is 5.64. The Balaban J connectivity index is 1.36. The van der Waals surface area contributed by atoms with Gasteiger partial charge in [0.2, 0.25) is 11.9 Å². The van der Waals surface area contributed by atoms with Gasteiger partial charge in [0.05, 0.1) is 31.2 Å². The number of fused-ring (bicyclic) bond motifs is 1. The van der Waals surface area contributed by atoms with Crippen LogP contribution < -0.4 is 10.9 Å². The van der Waals surface area contributed by atoms with Crippen LogP contribution in [0, 0.1) is 11.8 Å². The van der Waals surface area contributed by atoms with Gasteiger partial charge in [0.25, 0.3) is 0 Å². The summed E-state index contributed by atoms with van der Waals surface area (Å²) in [5.74, 6) is -1.61. The summed E-state index contributed by atoms with van der Waals surface area (Å²) in [6.07, 6.45) is 3.21. The SMILES string of the molecule is CC(O)[C@H]1C(=O)N2C(C(=O)O)=C(S[C@@H]3CN=C(CNNc4ncccn4)C3)[C@H](C)[C@H]12. The zero-order chi connectivity index (χ0) is 21.4. The molecule has 3 aliphatic heterocycles. The van der Waals surface area contributed by atoms with Crippen molar-refractivity contribution < 1.29 is 19.8 Å². The Bertz CT molecular complexity index is 906. The third kappa shape index (κ3) is 3.68. The van der Waals surface area contributed by atoms with Crippen molar-refractivity contribution in [2.75, 3.05) is 18.5 Å². The molecule has 0 aromatic carbocycles. The molecule has 4 N–H and O–H groups in total. The summed E-state index contributed by atoms with van der Waals surface area (Å²) in [5, 5.41) is 19.8. The Morgan fingerprint density at radius 1 is 1.40 bits per heavy atom. The maximum atomic E-state index is 12.4. The van der Waals surface area contributed by atoms with Crippen LogP contribution in [-0.2, 0) is 9.59 Å². The molecule has 1 amide bonds. The van der Waals surface area contributed by atoms with E-state index in [0.717, 1.165) is 12.1 Å². The number of hydrazine groups is 1. The fraction of sp³-hybridized carbons (Fsp3) is 0.526. The molecule has 30 heavy (non-hydrogen) atoms. The van der Waals surface area contributed by atoms with E-state index in [-0.39, 0.29) is 28.8 Å². The van der Waals surface area contributed by atoms with Crippen LogP contribution >= 0.6 is 11.8 Å². The van der Waals surface area contributed by atoms with Gasteiger partial charge >= 0.3 is 5.97 Å². The number of nitrogens with one attached hydrogen (secondary N) is 2. The quantitative estimate of drug-likeness (QED) is 0.341. The maximum Gasteiger partial charge on any atom is 0.353 e. The molecule has 1 aromatic heterocycles. The summed E-state index contributed by atoms with van der Waals surface area (Å²) >= 11 is 1.49. The smallest absolute Gasteiger partial charge is 0.353 e. The van der Waals surface area contributed by atoms with Gasteiger partial charge in [0.1, 0.15) is 5.70 Å². The minimum atomic E-state index is -1.10. The van der Waals surface area contributed by atoms with Crippen LogP contribution in [0.4, 0.5) is 5.95 Å². The van der Waals surface area contributed by atoms with Crippen LogP contribution in [0.2, 0.25) is 0 Å². The molecule has 160 valence electrons. The van der Waals surface area contributed by atoms with Crippen molar-refractivity contribution in [3.8, 4) is 0 Å². The van der Waals surface area contributed by atoms with E-state index in [1.54, 1.807) is 25.4 Å². The maximum absolute atomic E-state index is 12.4. The number of thioether (sulfide) groups is 1. The van der Waals surface area contributed by atoms with Gasteiger partial charge in [0.15, 0.2) is 0 Å². The van der Waals surface area contributed by atoms with Crippen molar-refractivity contribution in [1.29, 1.82) is 0 Å². The zero-order valence-electron chi connectivity index (χ0n) is 16.6. The molecule has 5 atom stereocenters. The number of aromatic nitrogens is 2. The molecule has 1 fully saturated rings. The summed E-state index contributed by atoms with van der Waals surface area (Å²) in [6, 6.07) is 1.45. The largest absolute Gasteiger partial charge is 0.477 e. The van der Waals surface area contributed by atoms with Crippen molar-refractivity contribution >= 4 is 35.3 Å². The molecule has 1 aromatic rings. The van der Waals surface area contributed by atoms with E-state index in [4.69, 9.17) is 0 Å². The van der Waals surface area contributed by atoms with E-state index in [2.05, 4.69) is 25.8 Å². The first kappa shape index (κ1) is 20.8. The molecule has 0 saturated carbocycles. The highest BCUT2D eigenvalue weighted by Gasteiger charge is 2.60. The molecule has 0 radical (unpaired) electrons. The predicted octanol–water partition coefficient (Wildman–Crippen LogP) is 0.493. The molecule has 0 spiro atoms. The average molecular weight is 433 g/mol. The number of aliphatic hydroxyl groups excluding tert-OH is 1. The lowest BCUT2D eigenvalue weighted by Crippen LogP contribution is -2.63. The minimum Gasteiger partial charge on any atom is -0.477 e. The van der Waals surface area contributed by atoms with Gasteiger partial charge < -0.3 is 15.1 Å². The van der Waals surface area contributed by atoms with E-state index in [0.29, 0.717) is 23.9 Å². The Morgan fingerprint density at radius 2 is 2.13 bits per heavy atom. The summed E-state index contributed by atoms with van der Waals surface area (Å²) in [5.41, 5.74) is 6.99. The first-order chi connectivity index (χ1) is 14.4. The second kappa shape index (κ2) is 8.32. The Hall–Kier alpha value is -2.50. The highest BCUT2D eigenvalue weighted by atomic mass is 32.2. The fourth-order valence-electron chi connectivity index (χ4n) is 4.28. The van der Waals surface area contributed by atoms with Crippen molar-refractivity contribution in [2.45, 2.75) is 37.7 Å². The molecular weight excluding hydrogens is 408 g/mol. The Kier molecular flexibility index (Phi) is 5.76. The van der Waals surface area contributed by atoms with Gasteiger partial charge in [-0.25, -0.2) is 20.2 Å². The summed E-state index contributed by atoms with van der Waals surface area (Å²) in [7, 11) is 0. The lowest BCUT2D eigenvalue weighted by atomic mass is 9.79. The van der Waals surface area contributed by atoms with Crippen LogP contribution in [0.3, 0.4) is 0 Å². The van der Waals surface area contributed by atoms with Gasteiger partial charge in [0, 0.05) is 40.6 Å². The zero-order valence-corrected chi connectivity index (χ0v) is 17.5. The second-order valence-corrected chi connectivity index (χ2v) is 9.02. The molecule has 4 heterocycles. The van der Waals surface area contributed by atoms with E-state index in [1.807, 2.05) is 6.92 Å². The standard InChI is InChI=1S/C19H24N6O4S/c1-9-14-13(10(2)26)17(27)25(14)15(18(28)29)16(9)30-12-6-11(22-8-12)7-23-24-19-20-4-3-5-21-19/h3-5,9-10,12-14,23,26H,6-8H2,1-2H3,(H,28,29)(H,20,21,24)/t9-,10?,12+,13-,14-/m1/s1. The predicted molar refractivity (Wildman–Crippen MR) is 112 cm³/mol. The molecule has 0 aliphatic carbocycles. The number of aliphatic carboxylic acids is 1. The summed E-state index contributed by atoms with van der Waals surface area (Å²) in [4.78, 5) is 39.1. The molecule has 1 unspecified atom stereocenters. The van der Waals surface area contributed by atoms with Crippen LogP contribution in [-0.4, -0.2) is 73.2 Å².